The Morgan fingerprint density at radius 1 is 1.24 bits per heavy atom. The molecule has 0 spiro atoms. The Kier molecular flexibility index (Phi) is 3.91. The van der Waals surface area contributed by atoms with Crippen LogP contribution in [0.1, 0.15) is 11.4 Å². The fraction of sp³-hybridized carbons (Fsp3) is 0.188. The molecular weight excluding hydrogens is 352 g/mol. The molecule has 1 heterocycles. The summed E-state index contributed by atoms with van der Waals surface area (Å²) in [7, 11) is 1.66. The van der Waals surface area contributed by atoms with E-state index in [-0.39, 0.29) is 0 Å². The highest BCUT2D eigenvalue weighted by molar-refractivity contribution is 9.10. The number of hydrogen-bond acceptors (Lipinski definition) is 2. The predicted octanol–water partition coefficient (Wildman–Crippen LogP) is 4.84. The van der Waals surface area contributed by atoms with Gasteiger partial charge in [-0.3, -0.25) is 4.57 Å². The maximum atomic E-state index is 6.07. The van der Waals surface area contributed by atoms with Crippen LogP contribution in [0.15, 0.2) is 40.9 Å². The highest BCUT2D eigenvalue weighted by Crippen LogP contribution is 2.28. The second kappa shape index (κ2) is 5.70. The van der Waals surface area contributed by atoms with E-state index in [9.17, 15) is 0 Å². The Balaban J connectivity index is 2.30. The predicted molar refractivity (Wildman–Crippen MR) is 89.6 cm³/mol. The van der Waals surface area contributed by atoms with Crippen LogP contribution in [-0.4, -0.2) is 16.7 Å². The van der Waals surface area contributed by atoms with Crippen molar-refractivity contribution in [3.8, 4) is 11.4 Å². The SMILES string of the molecule is COc1ccc2nc(CCl)n(-c3ccc(C)c(Br)c3)c2c1. The van der Waals surface area contributed by atoms with E-state index in [1.54, 1.807) is 7.11 Å². The molecule has 5 heteroatoms. The molecule has 0 N–H and O–H groups in total. The van der Waals surface area contributed by atoms with Crippen molar-refractivity contribution in [1.82, 2.24) is 9.55 Å². The lowest BCUT2D eigenvalue weighted by molar-refractivity contribution is 0.415. The molecule has 0 amide bonds. The number of imidazole rings is 1. The quantitative estimate of drug-likeness (QED) is 0.621. The minimum Gasteiger partial charge on any atom is -0.497 e. The number of hydrogen-bond donors (Lipinski definition) is 0. The lowest BCUT2D eigenvalue weighted by atomic mass is 10.2. The van der Waals surface area contributed by atoms with Crippen LogP contribution in [-0.2, 0) is 5.88 Å². The minimum absolute atomic E-state index is 0.350. The Labute approximate surface area is 136 Å². The highest BCUT2D eigenvalue weighted by Gasteiger charge is 2.13. The highest BCUT2D eigenvalue weighted by atomic mass is 79.9. The number of fused-ring (bicyclic) bond motifs is 1. The van der Waals surface area contributed by atoms with E-state index in [0.29, 0.717) is 5.88 Å². The molecule has 0 aliphatic rings. The van der Waals surface area contributed by atoms with E-state index in [0.717, 1.165) is 32.8 Å². The fourth-order valence-electron chi connectivity index (χ4n) is 2.33. The first kappa shape index (κ1) is 14.4. The van der Waals surface area contributed by atoms with Gasteiger partial charge >= 0.3 is 0 Å². The molecule has 0 aliphatic heterocycles. The first-order valence-corrected chi connectivity index (χ1v) is 7.84. The molecule has 0 unspecified atom stereocenters. The molecule has 0 saturated carbocycles. The topological polar surface area (TPSA) is 27.1 Å². The molecule has 0 saturated heterocycles. The molecule has 0 aliphatic carbocycles. The van der Waals surface area contributed by atoms with Crippen LogP contribution in [0.5, 0.6) is 5.75 Å². The second-order valence-corrected chi connectivity index (χ2v) is 5.91. The van der Waals surface area contributed by atoms with Crippen LogP contribution in [0, 0.1) is 6.92 Å². The van der Waals surface area contributed by atoms with Gasteiger partial charge in [-0.05, 0) is 36.8 Å². The molecule has 3 aromatic rings. The zero-order chi connectivity index (χ0) is 15.0. The number of halogens is 2. The van der Waals surface area contributed by atoms with E-state index in [1.807, 2.05) is 18.2 Å². The van der Waals surface area contributed by atoms with Gasteiger partial charge in [-0.15, -0.1) is 11.6 Å². The molecule has 0 radical (unpaired) electrons. The summed E-state index contributed by atoms with van der Waals surface area (Å²) in [5, 5.41) is 0. The lowest BCUT2D eigenvalue weighted by Gasteiger charge is -2.10. The first-order chi connectivity index (χ1) is 10.1. The van der Waals surface area contributed by atoms with Crippen molar-refractivity contribution >= 4 is 38.6 Å². The van der Waals surface area contributed by atoms with Gasteiger partial charge in [0, 0.05) is 16.2 Å². The zero-order valence-corrected chi connectivity index (χ0v) is 14.1. The van der Waals surface area contributed by atoms with Gasteiger partial charge < -0.3 is 4.74 Å². The van der Waals surface area contributed by atoms with E-state index in [1.165, 1.54) is 5.56 Å². The summed E-state index contributed by atoms with van der Waals surface area (Å²) in [6.07, 6.45) is 0. The monoisotopic (exact) mass is 364 g/mol. The third-order valence-electron chi connectivity index (χ3n) is 3.46. The van der Waals surface area contributed by atoms with Gasteiger partial charge in [0.2, 0.25) is 0 Å². The Bertz CT molecular complexity index is 813. The van der Waals surface area contributed by atoms with Gasteiger partial charge in [-0.25, -0.2) is 4.98 Å². The summed E-state index contributed by atoms with van der Waals surface area (Å²) in [4.78, 5) is 4.60. The summed E-state index contributed by atoms with van der Waals surface area (Å²) in [6, 6.07) is 12.0. The summed E-state index contributed by atoms with van der Waals surface area (Å²) in [5.74, 6) is 1.97. The van der Waals surface area contributed by atoms with Gasteiger partial charge in [0.25, 0.3) is 0 Å². The molecule has 2 aromatic carbocycles. The number of alkyl halides is 1. The summed E-state index contributed by atoms with van der Waals surface area (Å²) in [5.41, 5.74) is 4.11. The van der Waals surface area contributed by atoms with Crippen LogP contribution in [0.4, 0.5) is 0 Å². The van der Waals surface area contributed by atoms with E-state index in [2.05, 4.69) is 50.6 Å². The van der Waals surface area contributed by atoms with Crippen LogP contribution in [0.25, 0.3) is 16.7 Å². The zero-order valence-electron chi connectivity index (χ0n) is 11.7. The number of ether oxygens (including phenoxy) is 1. The number of aryl methyl sites for hydroxylation is 1. The number of aromatic nitrogens is 2. The smallest absolute Gasteiger partial charge is 0.129 e. The summed E-state index contributed by atoms with van der Waals surface area (Å²) >= 11 is 9.65. The Morgan fingerprint density at radius 2 is 2.05 bits per heavy atom. The molecule has 0 fully saturated rings. The molecule has 108 valence electrons. The Morgan fingerprint density at radius 3 is 2.71 bits per heavy atom. The second-order valence-electron chi connectivity index (χ2n) is 4.79. The largest absolute Gasteiger partial charge is 0.497 e. The average Bonchev–Trinajstić information content (AvgIpc) is 2.87. The lowest BCUT2D eigenvalue weighted by Crippen LogP contribution is -1.99. The van der Waals surface area contributed by atoms with Crippen LogP contribution >= 0.6 is 27.5 Å². The number of methoxy groups -OCH3 is 1. The third kappa shape index (κ3) is 2.54. The van der Waals surface area contributed by atoms with E-state index >= 15 is 0 Å². The molecular formula is C16H14BrClN2O. The molecule has 21 heavy (non-hydrogen) atoms. The summed E-state index contributed by atoms with van der Waals surface area (Å²) < 4.78 is 8.44. The van der Waals surface area contributed by atoms with Gasteiger partial charge in [0.1, 0.15) is 11.6 Å². The third-order valence-corrected chi connectivity index (χ3v) is 4.56. The molecule has 3 nitrogen and oxygen atoms in total. The molecule has 1 aromatic heterocycles. The van der Waals surface area contributed by atoms with E-state index in [4.69, 9.17) is 16.3 Å². The van der Waals surface area contributed by atoms with Crippen molar-refractivity contribution in [3.05, 3.63) is 52.3 Å². The van der Waals surface area contributed by atoms with Crippen LogP contribution < -0.4 is 4.74 Å². The van der Waals surface area contributed by atoms with Gasteiger partial charge in [-0.1, -0.05) is 22.0 Å². The van der Waals surface area contributed by atoms with Crippen LogP contribution in [0.2, 0.25) is 0 Å². The average molecular weight is 366 g/mol. The van der Waals surface area contributed by atoms with Crippen molar-refractivity contribution < 1.29 is 4.74 Å². The van der Waals surface area contributed by atoms with Crippen molar-refractivity contribution in [2.24, 2.45) is 0 Å². The summed E-state index contributed by atoms with van der Waals surface area (Å²) in [6.45, 7) is 2.06. The standard InChI is InChI=1S/C16H14BrClN2O/c1-10-3-4-11(7-13(10)17)20-15-8-12(21-2)5-6-14(15)19-16(20)9-18/h3-8H,9H2,1-2H3. The van der Waals surface area contributed by atoms with Gasteiger partial charge in [0.05, 0.1) is 24.0 Å². The minimum atomic E-state index is 0.350. The molecule has 0 atom stereocenters. The van der Waals surface area contributed by atoms with Gasteiger partial charge in [0.15, 0.2) is 0 Å². The first-order valence-electron chi connectivity index (χ1n) is 6.52. The maximum Gasteiger partial charge on any atom is 0.129 e. The molecule has 0 bridgehead atoms. The van der Waals surface area contributed by atoms with Gasteiger partial charge in [-0.2, -0.15) is 0 Å². The Hall–Kier alpha value is -1.52. The normalized spacial score (nSPS) is 11.0. The number of benzene rings is 2. The van der Waals surface area contributed by atoms with Crippen molar-refractivity contribution in [1.29, 1.82) is 0 Å². The fourth-order valence-corrected chi connectivity index (χ4v) is 2.88. The number of nitrogens with zero attached hydrogens (tertiary/aromatic N) is 2. The van der Waals surface area contributed by atoms with Crippen molar-refractivity contribution in [3.63, 3.8) is 0 Å². The molecule has 3 rings (SSSR count). The van der Waals surface area contributed by atoms with Crippen molar-refractivity contribution in [2.45, 2.75) is 12.8 Å². The number of rotatable bonds is 3. The van der Waals surface area contributed by atoms with Crippen LogP contribution in [0.3, 0.4) is 0 Å². The van der Waals surface area contributed by atoms with E-state index < -0.39 is 0 Å². The maximum absolute atomic E-state index is 6.07. The van der Waals surface area contributed by atoms with Crippen molar-refractivity contribution in [2.75, 3.05) is 7.11 Å².